The average Bonchev–Trinajstić information content (AvgIpc) is 2.48. The Balaban J connectivity index is 2.44. The van der Waals surface area contributed by atoms with Crippen LogP contribution in [-0.2, 0) is 10.1 Å². The van der Waals surface area contributed by atoms with Gasteiger partial charge in [0, 0.05) is 11.6 Å². The normalized spacial score (nSPS) is 11.1. The lowest BCUT2D eigenvalue weighted by molar-refractivity contribution is -0.385. The molecule has 2 rings (SSSR count). The van der Waals surface area contributed by atoms with E-state index in [-0.39, 0.29) is 22.1 Å². The summed E-state index contributed by atoms with van der Waals surface area (Å²) in [7, 11) is -2.82. The third kappa shape index (κ3) is 3.59. The molecular weight excluding hydrogens is 322 g/mol. The van der Waals surface area contributed by atoms with Crippen molar-refractivity contribution in [2.75, 3.05) is 7.11 Å². The monoisotopic (exact) mass is 337 g/mol. The van der Waals surface area contributed by atoms with Crippen LogP contribution in [0.25, 0.3) is 0 Å². The van der Waals surface area contributed by atoms with Crippen LogP contribution in [0.1, 0.15) is 11.1 Å². The number of hydrogen-bond donors (Lipinski definition) is 0. The number of rotatable bonds is 5. The zero-order valence-corrected chi connectivity index (χ0v) is 13.6. The van der Waals surface area contributed by atoms with E-state index in [4.69, 9.17) is 8.92 Å². The van der Waals surface area contributed by atoms with E-state index in [1.807, 2.05) is 6.92 Å². The second-order valence-electron chi connectivity index (χ2n) is 4.90. The maximum absolute atomic E-state index is 12.3. The molecule has 0 spiro atoms. The van der Waals surface area contributed by atoms with Crippen molar-refractivity contribution in [3.63, 3.8) is 0 Å². The number of nitro benzene ring substituents is 1. The molecule has 0 bridgehead atoms. The lowest BCUT2D eigenvalue weighted by Crippen LogP contribution is -2.11. The van der Waals surface area contributed by atoms with E-state index in [9.17, 15) is 18.5 Å². The second kappa shape index (κ2) is 6.25. The fourth-order valence-corrected chi connectivity index (χ4v) is 2.91. The molecule has 0 radical (unpaired) electrons. The summed E-state index contributed by atoms with van der Waals surface area (Å²) in [6, 6.07) is 8.37. The van der Waals surface area contributed by atoms with Gasteiger partial charge in [-0.3, -0.25) is 10.1 Å². The predicted octanol–water partition coefficient (Wildman–Crippen LogP) is 2.99. The van der Waals surface area contributed by atoms with Gasteiger partial charge in [0.1, 0.15) is 4.90 Å². The Hall–Kier alpha value is -2.61. The van der Waals surface area contributed by atoms with Gasteiger partial charge in [-0.1, -0.05) is 12.1 Å². The molecule has 0 saturated carbocycles. The zero-order chi connectivity index (χ0) is 17.2. The molecule has 0 aliphatic rings. The molecule has 0 amide bonds. The van der Waals surface area contributed by atoms with Crippen LogP contribution in [0.5, 0.6) is 11.5 Å². The first-order valence-corrected chi connectivity index (χ1v) is 7.99. The Morgan fingerprint density at radius 1 is 1.04 bits per heavy atom. The van der Waals surface area contributed by atoms with Crippen LogP contribution in [0.3, 0.4) is 0 Å². The maximum Gasteiger partial charge on any atom is 0.339 e. The summed E-state index contributed by atoms with van der Waals surface area (Å²) in [6.07, 6.45) is 0. The van der Waals surface area contributed by atoms with Crippen molar-refractivity contribution in [1.29, 1.82) is 0 Å². The highest BCUT2D eigenvalue weighted by Gasteiger charge is 2.23. The van der Waals surface area contributed by atoms with Gasteiger partial charge < -0.3 is 8.92 Å². The highest BCUT2D eigenvalue weighted by Crippen LogP contribution is 2.31. The second-order valence-corrected chi connectivity index (χ2v) is 6.44. The topological polar surface area (TPSA) is 95.7 Å². The lowest BCUT2D eigenvalue weighted by Gasteiger charge is -2.11. The molecule has 0 N–H and O–H groups in total. The molecule has 2 aromatic rings. The zero-order valence-electron chi connectivity index (χ0n) is 12.8. The van der Waals surface area contributed by atoms with Gasteiger partial charge in [0.05, 0.1) is 12.0 Å². The number of methoxy groups -OCH3 is 1. The summed E-state index contributed by atoms with van der Waals surface area (Å²) in [5, 5.41) is 10.9. The summed E-state index contributed by atoms with van der Waals surface area (Å²) < 4.78 is 34.8. The fraction of sp³-hybridized carbons (Fsp3) is 0.200. The summed E-state index contributed by atoms with van der Waals surface area (Å²) in [5.74, 6) is 0.275. The van der Waals surface area contributed by atoms with Crippen molar-refractivity contribution in [3.05, 3.63) is 57.6 Å². The first-order valence-electron chi connectivity index (χ1n) is 6.59. The predicted molar refractivity (Wildman–Crippen MR) is 83.4 cm³/mol. The quantitative estimate of drug-likeness (QED) is 0.473. The number of benzene rings is 2. The molecular formula is C15H15NO6S. The van der Waals surface area contributed by atoms with Gasteiger partial charge in [0.25, 0.3) is 5.69 Å². The van der Waals surface area contributed by atoms with E-state index in [1.54, 1.807) is 12.1 Å². The highest BCUT2D eigenvalue weighted by molar-refractivity contribution is 7.87. The van der Waals surface area contributed by atoms with E-state index < -0.39 is 15.0 Å². The van der Waals surface area contributed by atoms with Gasteiger partial charge in [-0.25, -0.2) is 0 Å². The molecule has 0 aliphatic heterocycles. The molecule has 7 nitrogen and oxygen atoms in total. The smallest absolute Gasteiger partial charge is 0.339 e. The largest absolute Gasteiger partial charge is 0.493 e. The minimum Gasteiger partial charge on any atom is -0.493 e. The Morgan fingerprint density at radius 2 is 1.74 bits per heavy atom. The van der Waals surface area contributed by atoms with E-state index in [0.717, 1.165) is 11.6 Å². The molecule has 0 aliphatic carbocycles. The summed E-state index contributed by atoms with van der Waals surface area (Å²) in [4.78, 5) is 10.0. The number of nitrogens with zero attached hydrogens (tertiary/aromatic N) is 1. The molecule has 0 fully saturated rings. The van der Waals surface area contributed by atoms with Gasteiger partial charge >= 0.3 is 10.1 Å². The Labute approximate surface area is 133 Å². The molecule has 0 atom stereocenters. The van der Waals surface area contributed by atoms with Crippen LogP contribution >= 0.6 is 0 Å². The van der Waals surface area contributed by atoms with E-state index in [2.05, 4.69) is 0 Å². The first kappa shape index (κ1) is 16.8. The van der Waals surface area contributed by atoms with E-state index in [0.29, 0.717) is 5.56 Å². The summed E-state index contributed by atoms with van der Waals surface area (Å²) in [6.45, 7) is 3.35. The van der Waals surface area contributed by atoms with Crippen LogP contribution in [-0.4, -0.2) is 20.5 Å². The fourth-order valence-electron chi connectivity index (χ4n) is 1.95. The van der Waals surface area contributed by atoms with Crippen LogP contribution in [0.15, 0.2) is 41.3 Å². The maximum atomic E-state index is 12.3. The number of ether oxygens (including phenoxy) is 1. The molecule has 0 heterocycles. The molecule has 0 saturated heterocycles. The van der Waals surface area contributed by atoms with Crippen LogP contribution in [0, 0.1) is 24.0 Å². The number of nitro groups is 1. The Kier molecular flexibility index (Phi) is 4.55. The third-order valence-corrected chi connectivity index (χ3v) is 4.41. The summed E-state index contributed by atoms with van der Waals surface area (Å²) >= 11 is 0. The van der Waals surface area contributed by atoms with E-state index in [1.165, 1.54) is 32.2 Å². The first-order chi connectivity index (χ1) is 10.7. The molecule has 0 unspecified atom stereocenters. The van der Waals surface area contributed by atoms with Crippen molar-refractivity contribution in [3.8, 4) is 11.5 Å². The van der Waals surface area contributed by atoms with Gasteiger partial charge in [0.15, 0.2) is 11.5 Å². The Morgan fingerprint density at radius 3 is 2.35 bits per heavy atom. The molecule has 8 heteroatoms. The van der Waals surface area contributed by atoms with Crippen LogP contribution in [0.4, 0.5) is 5.69 Å². The molecule has 2 aromatic carbocycles. The molecule has 122 valence electrons. The van der Waals surface area contributed by atoms with Crippen molar-refractivity contribution in [2.24, 2.45) is 0 Å². The van der Waals surface area contributed by atoms with Gasteiger partial charge in [0.2, 0.25) is 0 Å². The molecule has 0 aromatic heterocycles. The third-order valence-electron chi connectivity index (χ3n) is 3.18. The van der Waals surface area contributed by atoms with Gasteiger partial charge in [-0.15, -0.1) is 0 Å². The minimum atomic E-state index is -4.22. The van der Waals surface area contributed by atoms with Crippen LogP contribution in [0.2, 0.25) is 0 Å². The highest BCUT2D eigenvalue weighted by atomic mass is 32.2. The van der Waals surface area contributed by atoms with Crippen molar-refractivity contribution < 1.29 is 22.3 Å². The lowest BCUT2D eigenvalue weighted by atomic mass is 10.2. The van der Waals surface area contributed by atoms with Crippen molar-refractivity contribution >= 4 is 15.8 Å². The molecule has 23 heavy (non-hydrogen) atoms. The van der Waals surface area contributed by atoms with Crippen LogP contribution < -0.4 is 8.92 Å². The standard InChI is InChI=1S/C15H15NO6S/c1-10-4-7-14(15(8-10)21-3)22-23(19,20)12-6-5-11(2)13(9-12)16(17)18/h4-9H,1-3H3. The van der Waals surface area contributed by atoms with Gasteiger partial charge in [-0.2, -0.15) is 8.42 Å². The number of hydrogen-bond acceptors (Lipinski definition) is 6. The average molecular weight is 337 g/mol. The van der Waals surface area contributed by atoms with Crippen molar-refractivity contribution in [1.82, 2.24) is 0 Å². The minimum absolute atomic E-state index is 0.0151. The van der Waals surface area contributed by atoms with E-state index >= 15 is 0 Å². The Bertz CT molecular complexity index is 860. The SMILES string of the molecule is COc1cc(C)ccc1OS(=O)(=O)c1ccc(C)c([N+](=O)[O-])c1. The summed E-state index contributed by atoms with van der Waals surface area (Å²) in [5.41, 5.74) is 0.949. The van der Waals surface area contributed by atoms with Gasteiger partial charge in [-0.05, 0) is 37.6 Å². The van der Waals surface area contributed by atoms with Crippen molar-refractivity contribution in [2.45, 2.75) is 18.7 Å². The number of aryl methyl sites for hydroxylation is 2.